The van der Waals surface area contributed by atoms with E-state index in [4.69, 9.17) is 67.2 Å². The summed E-state index contributed by atoms with van der Waals surface area (Å²) in [4.78, 5) is 50.5. The molecule has 2 aromatic carbocycles. The Labute approximate surface area is 349 Å². The molecule has 0 unspecified atom stereocenters. The van der Waals surface area contributed by atoms with Gasteiger partial charge in [-0.15, -0.1) is 0 Å². The van der Waals surface area contributed by atoms with E-state index in [0.717, 1.165) is 5.56 Å². The van der Waals surface area contributed by atoms with Crippen molar-refractivity contribution < 1.29 is 74.4 Å². The van der Waals surface area contributed by atoms with Gasteiger partial charge in [-0.25, -0.2) is 19.6 Å². The number of carboxylic acid groups (broad SMARTS) is 2. The molecule has 0 amide bonds. The number of hydrogen-bond donors (Lipinski definition) is 5. The molecule has 0 aliphatic carbocycles. The van der Waals surface area contributed by atoms with Crippen LogP contribution < -0.4 is 21.9 Å². The van der Waals surface area contributed by atoms with Gasteiger partial charge in [0.1, 0.15) is 65.9 Å². The first-order valence-electron chi connectivity index (χ1n) is 16.6. The van der Waals surface area contributed by atoms with Gasteiger partial charge in [-0.1, -0.05) is 35.5 Å². The molecule has 4 aromatic rings. The van der Waals surface area contributed by atoms with E-state index in [-0.39, 0.29) is 30.2 Å². The second kappa shape index (κ2) is 22.7. The van der Waals surface area contributed by atoms with Gasteiger partial charge >= 0.3 is 36.2 Å². The van der Waals surface area contributed by atoms with Gasteiger partial charge in [0.25, 0.3) is 0 Å². The zero-order chi connectivity index (χ0) is 46.2. The molecule has 0 saturated heterocycles. The minimum atomic E-state index is -5.08. The number of halogens is 7. The Morgan fingerprint density at radius 2 is 1.34 bits per heavy atom. The van der Waals surface area contributed by atoms with Crippen molar-refractivity contribution in [3.05, 3.63) is 76.6 Å². The number of alkyl halides is 6. The summed E-state index contributed by atoms with van der Waals surface area (Å²) in [5.74, 6) is -5.83. The number of nitriles is 2. The van der Waals surface area contributed by atoms with Crippen LogP contribution in [0, 0.1) is 22.7 Å². The minimum absolute atomic E-state index is 0.0357. The molecule has 17 nitrogen and oxygen atoms in total. The van der Waals surface area contributed by atoms with Crippen molar-refractivity contribution in [1.82, 2.24) is 9.97 Å². The molecule has 0 fully saturated rings. The number of oxazole rings is 1. The predicted molar refractivity (Wildman–Crippen MR) is 201 cm³/mol. The van der Waals surface area contributed by atoms with Crippen LogP contribution in [-0.4, -0.2) is 87.8 Å². The zero-order valence-electron chi connectivity index (χ0n) is 31.3. The van der Waals surface area contributed by atoms with Gasteiger partial charge < -0.3 is 46.0 Å². The molecule has 61 heavy (non-hydrogen) atoms. The van der Waals surface area contributed by atoms with Crippen LogP contribution in [0.3, 0.4) is 0 Å². The Balaban J connectivity index is 0.000000784. The van der Waals surface area contributed by atoms with Crippen LogP contribution in [0.5, 0.6) is 5.75 Å². The van der Waals surface area contributed by atoms with Gasteiger partial charge in [-0.3, -0.25) is 9.59 Å². The standard InChI is InChI=1S/C32H30ClN7O6S.2C2HF3O2/c1-17(36)31(41)45-15-24(46-32(42)18(2)37)14-43-23-9-5-19(6-10-23)27-25(11-34)28(38)40-30(26(27)12-35)47-16-22-13-44-29(39-22)20-3-7-21(33)8-4-20;2*3-2(4,5)1(6)7/h3-10,13,17-18,24H,14-16,36-37H2,1-2H3,(H2,38,40);2*(H,6,7)/t17-,18-,24-;;/m0../s1. The zero-order valence-corrected chi connectivity index (χ0v) is 32.9. The fraction of sp³-hybridized carbons (Fsp3) is 0.278. The SMILES string of the molecule is C[C@H](N)C(=O)OC[C@H](COc1ccc(-c2c(C#N)c(N)nc(SCc3coc(-c4ccc(Cl)cc4)n3)c2C#N)cc1)OC(=O)[C@H](C)N.O=C(O)C(F)(F)F.O=C(O)C(F)(F)F. The molecule has 0 aliphatic heterocycles. The average molecular weight is 904 g/mol. The van der Waals surface area contributed by atoms with Crippen LogP contribution in [0.1, 0.15) is 30.7 Å². The number of aliphatic carboxylic acids is 2. The van der Waals surface area contributed by atoms with Crippen LogP contribution in [0.25, 0.3) is 22.6 Å². The van der Waals surface area contributed by atoms with E-state index >= 15 is 0 Å². The number of benzene rings is 2. The molecule has 4 rings (SSSR count). The van der Waals surface area contributed by atoms with Gasteiger partial charge in [0.05, 0.1) is 11.3 Å². The lowest BCUT2D eigenvalue weighted by Gasteiger charge is -2.20. The molecule has 0 aliphatic rings. The van der Waals surface area contributed by atoms with E-state index in [1.807, 2.05) is 0 Å². The number of carbonyl (C=O) groups is 4. The third kappa shape index (κ3) is 16.2. The highest BCUT2D eigenvalue weighted by Crippen LogP contribution is 2.37. The molecule has 0 spiro atoms. The number of nitrogen functional groups attached to an aromatic ring is 1. The monoisotopic (exact) mass is 903 g/mol. The average Bonchev–Trinajstić information content (AvgIpc) is 3.66. The number of thioether (sulfide) groups is 1. The Hall–Kier alpha value is -6.60. The van der Waals surface area contributed by atoms with Gasteiger partial charge in [-0.05, 0) is 55.8 Å². The van der Waals surface area contributed by atoms with E-state index in [0.29, 0.717) is 44.3 Å². The van der Waals surface area contributed by atoms with Crippen LogP contribution in [0.2, 0.25) is 5.02 Å². The number of aromatic nitrogens is 2. The van der Waals surface area contributed by atoms with Crippen LogP contribution in [0.4, 0.5) is 32.2 Å². The highest BCUT2D eigenvalue weighted by molar-refractivity contribution is 7.98. The molecule has 2 heterocycles. The fourth-order valence-corrected chi connectivity index (χ4v) is 5.03. The molecule has 0 radical (unpaired) electrons. The van der Waals surface area contributed by atoms with Crippen molar-refractivity contribution in [3.8, 4) is 40.5 Å². The molecule has 2 aromatic heterocycles. The molecule has 0 bridgehead atoms. The van der Waals surface area contributed by atoms with Gasteiger partial charge in [0, 0.05) is 21.9 Å². The summed E-state index contributed by atoms with van der Waals surface area (Å²) in [6.45, 7) is 2.47. The van der Waals surface area contributed by atoms with Crippen molar-refractivity contribution in [3.63, 3.8) is 0 Å². The van der Waals surface area contributed by atoms with Crippen molar-refractivity contribution in [2.24, 2.45) is 11.5 Å². The lowest BCUT2D eigenvalue weighted by atomic mass is 9.97. The minimum Gasteiger partial charge on any atom is -0.490 e. The number of nitrogens with two attached hydrogens (primary N) is 3. The molecule has 8 N–H and O–H groups in total. The molecule has 0 saturated carbocycles. The Kier molecular flexibility index (Phi) is 18.8. The quantitative estimate of drug-likeness (QED) is 0.0631. The second-order valence-corrected chi connectivity index (χ2v) is 13.2. The van der Waals surface area contributed by atoms with E-state index in [1.165, 1.54) is 31.9 Å². The normalized spacial score (nSPS) is 12.3. The first-order valence-corrected chi connectivity index (χ1v) is 17.9. The van der Waals surface area contributed by atoms with Crippen LogP contribution in [-0.2, 0) is 34.4 Å². The summed E-state index contributed by atoms with van der Waals surface area (Å²) in [5.41, 5.74) is 19.7. The number of ether oxygens (including phenoxy) is 3. The lowest BCUT2D eigenvalue weighted by Crippen LogP contribution is -2.38. The van der Waals surface area contributed by atoms with Crippen molar-refractivity contribution >= 4 is 53.1 Å². The largest absolute Gasteiger partial charge is 0.490 e. The second-order valence-electron chi connectivity index (χ2n) is 11.8. The maximum atomic E-state index is 12.1. The van der Waals surface area contributed by atoms with Gasteiger partial charge in [-0.2, -0.15) is 36.9 Å². The molecule has 326 valence electrons. The maximum Gasteiger partial charge on any atom is 0.490 e. The van der Waals surface area contributed by atoms with E-state index < -0.39 is 54.4 Å². The van der Waals surface area contributed by atoms with Crippen molar-refractivity contribution in [1.29, 1.82) is 10.5 Å². The number of hydrogen-bond acceptors (Lipinski definition) is 16. The molecular weight excluding hydrogens is 872 g/mol. The predicted octanol–water partition coefficient (Wildman–Crippen LogP) is 5.47. The number of nitrogens with zero attached hydrogens (tertiary/aromatic N) is 4. The number of carboxylic acids is 2. The van der Waals surface area contributed by atoms with Crippen LogP contribution in [0.15, 0.2) is 64.2 Å². The smallest absolute Gasteiger partial charge is 0.490 e. The third-order valence-corrected chi connectivity index (χ3v) is 8.18. The highest BCUT2D eigenvalue weighted by atomic mass is 35.5. The summed E-state index contributed by atoms with van der Waals surface area (Å²) in [5, 5.41) is 35.2. The lowest BCUT2D eigenvalue weighted by molar-refractivity contribution is -0.193. The topological polar surface area (TPSA) is 301 Å². The number of esters is 2. The fourth-order valence-electron chi connectivity index (χ4n) is 4.03. The number of carbonyl (C=O) groups excluding carboxylic acids is 2. The molecule has 3 atom stereocenters. The Bertz CT molecular complexity index is 2220. The molecule has 25 heteroatoms. The summed E-state index contributed by atoms with van der Waals surface area (Å²) < 4.78 is 85.3. The summed E-state index contributed by atoms with van der Waals surface area (Å²) in [7, 11) is 0. The first-order chi connectivity index (χ1) is 28.4. The number of pyridine rings is 1. The summed E-state index contributed by atoms with van der Waals surface area (Å²) in [6.07, 6.45) is -9.61. The number of rotatable bonds is 13. The Morgan fingerprint density at radius 1 is 0.836 bits per heavy atom. The van der Waals surface area contributed by atoms with Crippen molar-refractivity contribution in [2.75, 3.05) is 18.9 Å². The highest BCUT2D eigenvalue weighted by Gasteiger charge is 2.39. The summed E-state index contributed by atoms with van der Waals surface area (Å²) >= 11 is 7.19. The summed E-state index contributed by atoms with van der Waals surface area (Å²) in [6, 6.07) is 16.0. The van der Waals surface area contributed by atoms with Crippen LogP contribution >= 0.6 is 23.4 Å². The van der Waals surface area contributed by atoms with E-state index in [1.54, 1.807) is 48.5 Å². The van der Waals surface area contributed by atoms with Gasteiger partial charge in [0.2, 0.25) is 5.89 Å². The van der Waals surface area contributed by atoms with E-state index in [9.17, 15) is 46.5 Å². The van der Waals surface area contributed by atoms with E-state index in [2.05, 4.69) is 22.1 Å². The maximum absolute atomic E-state index is 12.1. The van der Waals surface area contributed by atoms with Gasteiger partial charge in [0.15, 0.2) is 6.10 Å². The Morgan fingerprint density at radius 3 is 1.82 bits per heavy atom. The first kappa shape index (κ1) is 50.5. The number of anilines is 1. The molecular formula is C36H32ClF6N7O10S. The van der Waals surface area contributed by atoms with Crippen molar-refractivity contribution in [2.45, 2.75) is 55.2 Å². The third-order valence-electron chi connectivity index (χ3n) is 6.92.